The van der Waals surface area contributed by atoms with E-state index in [-0.39, 0.29) is 17.4 Å². The zero-order valence-electron chi connectivity index (χ0n) is 8.23. The molecule has 1 aromatic carbocycles. The monoisotopic (exact) mass is 278 g/mol. The minimum atomic E-state index is 0. The van der Waals surface area contributed by atoms with Crippen LogP contribution in [0.25, 0.3) is 0 Å². The number of halogens is 1. The molecule has 0 spiro atoms. The number of methoxy groups -OCH3 is 1. The number of hydrogen-bond donors (Lipinski definition) is 0. The maximum absolute atomic E-state index is 7.50. The molecule has 0 unspecified atom stereocenters. The minimum Gasteiger partial charge on any atom is -0.497 e. The van der Waals surface area contributed by atoms with Crippen LogP contribution in [0, 0.1) is 0 Å². The molecule has 0 amide bonds. The summed E-state index contributed by atoms with van der Waals surface area (Å²) in [5.74, 6) is 0.833. The molecule has 0 atom stereocenters. The van der Waals surface area contributed by atoms with E-state index < -0.39 is 0 Å². The van der Waals surface area contributed by atoms with Crippen LogP contribution in [0.4, 0.5) is 0 Å². The fourth-order valence-corrected chi connectivity index (χ4v) is 0.697. The normalized spacial score (nSPS) is 5.88. The zero-order chi connectivity index (χ0) is 12.7. The maximum atomic E-state index is 7.50. The van der Waals surface area contributed by atoms with Gasteiger partial charge < -0.3 is 4.74 Å². The van der Waals surface area contributed by atoms with E-state index in [4.69, 9.17) is 30.7 Å². The van der Waals surface area contributed by atoms with Crippen molar-refractivity contribution in [2.75, 3.05) is 7.11 Å². The van der Waals surface area contributed by atoms with E-state index in [1.807, 2.05) is 12.1 Å². The second kappa shape index (κ2) is 23.6. The summed E-state index contributed by atoms with van der Waals surface area (Å²) in [6, 6.07) is 7.23. The molecule has 84 valence electrons. The molecule has 0 aliphatic heterocycles. The molecule has 0 fully saturated rings. The molecule has 0 N–H and O–H groups in total. The van der Waals surface area contributed by atoms with Crippen molar-refractivity contribution in [1.82, 2.24) is 0 Å². The van der Waals surface area contributed by atoms with E-state index in [0.29, 0.717) is 0 Å². The van der Waals surface area contributed by atoms with Crippen molar-refractivity contribution in [2.45, 2.75) is 0 Å². The van der Waals surface area contributed by atoms with Gasteiger partial charge in [-0.05, 0) is 24.3 Å². The molecule has 1 aromatic rings. The van der Waals surface area contributed by atoms with E-state index in [9.17, 15) is 0 Å². The van der Waals surface area contributed by atoms with Crippen molar-refractivity contribution < 1.29 is 36.5 Å². The maximum Gasteiger partial charge on any atom is 0.281 e. The van der Waals surface area contributed by atoms with Crippen LogP contribution in [-0.2, 0) is 31.7 Å². The Hall–Kier alpha value is -1.15. The van der Waals surface area contributed by atoms with Crippen molar-refractivity contribution in [3.05, 3.63) is 29.3 Å². The fraction of sp³-hybridized carbons (Fsp3) is 0.100. The molecule has 1 rings (SSSR count). The molecule has 6 heteroatoms. The fourth-order valence-electron chi connectivity index (χ4n) is 0.571. The first-order valence-corrected chi connectivity index (χ1v) is 3.61. The SMILES string of the molecule is COc1ccc(Cl)cc1.[C]=O.[C]=O.[C]=O.[Cr]. The van der Waals surface area contributed by atoms with E-state index >= 15 is 0 Å². The molecule has 4 nitrogen and oxygen atoms in total. The molecule has 0 saturated carbocycles. The Balaban J connectivity index is -0.0000000900. The Morgan fingerprint density at radius 1 is 0.938 bits per heavy atom. The first-order valence-electron chi connectivity index (χ1n) is 3.24. The summed E-state index contributed by atoms with van der Waals surface area (Å²) in [6.45, 7) is 13.5. The summed E-state index contributed by atoms with van der Waals surface area (Å²) in [7, 11) is 1.63. The van der Waals surface area contributed by atoms with Gasteiger partial charge in [-0.3, -0.25) is 14.4 Å². The quantitative estimate of drug-likeness (QED) is 0.773. The first kappa shape index (κ1) is 24.2. The van der Waals surface area contributed by atoms with Crippen LogP contribution in [-0.4, -0.2) is 27.5 Å². The summed E-state index contributed by atoms with van der Waals surface area (Å²) in [4.78, 5) is 22.5. The summed E-state index contributed by atoms with van der Waals surface area (Å²) >= 11 is 5.61. The van der Waals surface area contributed by atoms with Gasteiger partial charge in [-0.1, -0.05) is 11.6 Å². The standard InChI is InChI=1S/C7H7ClO.3CO.Cr/c1-9-7-4-2-6(8)3-5-7;3*1-2;/h2-5H,1H3;;;;. The second-order valence-corrected chi connectivity index (χ2v) is 2.09. The van der Waals surface area contributed by atoms with Gasteiger partial charge in [0.15, 0.2) is 0 Å². The Kier molecular flexibility index (Phi) is 35.7. The van der Waals surface area contributed by atoms with Crippen LogP contribution < -0.4 is 4.74 Å². The molecular formula is C10H7ClCrO4. The number of benzene rings is 1. The summed E-state index contributed by atoms with van der Waals surface area (Å²) in [6.07, 6.45) is 0. The van der Waals surface area contributed by atoms with E-state index in [1.54, 1.807) is 19.2 Å². The van der Waals surface area contributed by atoms with Crippen LogP contribution in [0.1, 0.15) is 0 Å². The van der Waals surface area contributed by atoms with Crippen molar-refractivity contribution in [2.24, 2.45) is 0 Å². The third-order valence-corrected chi connectivity index (χ3v) is 1.30. The minimum absolute atomic E-state index is 0. The molecule has 0 heterocycles. The van der Waals surface area contributed by atoms with Crippen LogP contribution in [0.15, 0.2) is 24.3 Å². The molecule has 6 radical (unpaired) electrons. The second-order valence-electron chi connectivity index (χ2n) is 1.66. The summed E-state index contributed by atoms with van der Waals surface area (Å²) in [5.41, 5.74) is 0. The van der Waals surface area contributed by atoms with Gasteiger partial charge in [0.2, 0.25) is 0 Å². The van der Waals surface area contributed by atoms with Gasteiger partial charge in [0.1, 0.15) is 5.75 Å². The molecule has 0 bridgehead atoms. The summed E-state index contributed by atoms with van der Waals surface area (Å²) < 4.78 is 4.91. The third-order valence-electron chi connectivity index (χ3n) is 1.05. The zero-order valence-corrected chi connectivity index (χ0v) is 10.3. The predicted molar refractivity (Wildman–Crippen MR) is 55.1 cm³/mol. The van der Waals surface area contributed by atoms with Crippen molar-refractivity contribution in [3.63, 3.8) is 0 Å². The van der Waals surface area contributed by atoms with E-state index in [1.165, 1.54) is 0 Å². The number of hydrogen-bond acceptors (Lipinski definition) is 4. The smallest absolute Gasteiger partial charge is 0.281 e. The predicted octanol–water partition coefficient (Wildman–Crippen LogP) is 1.15. The van der Waals surface area contributed by atoms with Gasteiger partial charge in [-0.2, -0.15) is 0 Å². The molecule has 0 aromatic heterocycles. The van der Waals surface area contributed by atoms with Gasteiger partial charge in [-0.25, -0.2) is 0 Å². The first-order chi connectivity index (χ1) is 7.33. The molecular weight excluding hydrogens is 272 g/mol. The van der Waals surface area contributed by atoms with E-state index in [0.717, 1.165) is 10.8 Å². The Bertz CT molecular complexity index is 226. The number of carbonyl (C=O) groups excluding carboxylic acids is 3. The third kappa shape index (κ3) is 15.3. The largest absolute Gasteiger partial charge is 0.497 e. The van der Waals surface area contributed by atoms with Crippen molar-refractivity contribution in [3.8, 4) is 5.75 Å². The number of ether oxygens (including phenoxy) is 1. The van der Waals surface area contributed by atoms with Crippen LogP contribution >= 0.6 is 11.6 Å². The van der Waals surface area contributed by atoms with E-state index in [2.05, 4.69) is 20.4 Å². The molecule has 0 aliphatic rings. The number of rotatable bonds is 1. The van der Waals surface area contributed by atoms with Gasteiger partial charge in [0.05, 0.1) is 7.11 Å². The molecule has 0 saturated heterocycles. The Morgan fingerprint density at radius 2 is 1.25 bits per heavy atom. The van der Waals surface area contributed by atoms with Crippen LogP contribution in [0.3, 0.4) is 0 Å². The van der Waals surface area contributed by atoms with Crippen molar-refractivity contribution in [1.29, 1.82) is 0 Å². The van der Waals surface area contributed by atoms with Gasteiger partial charge >= 0.3 is 0 Å². The van der Waals surface area contributed by atoms with Crippen molar-refractivity contribution >= 4 is 32.0 Å². The Morgan fingerprint density at radius 3 is 1.50 bits per heavy atom. The summed E-state index contributed by atoms with van der Waals surface area (Å²) in [5, 5.41) is 0.732. The molecule has 16 heavy (non-hydrogen) atoms. The Labute approximate surface area is 111 Å². The molecule has 0 aliphatic carbocycles. The van der Waals surface area contributed by atoms with Gasteiger partial charge in [-0.15, -0.1) is 0 Å². The van der Waals surface area contributed by atoms with Crippen LogP contribution in [0.2, 0.25) is 5.02 Å². The van der Waals surface area contributed by atoms with Crippen LogP contribution in [0.5, 0.6) is 5.75 Å². The van der Waals surface area contributed by atoms with Gasteiger partial charge in [0.25, 0.3) is 20.4 Å². The average molecular weight is 279 g/mol. The average Bonchev–Trinajstić information content (AvgIpc) is 2.38. The van der Waals surface area contributed by atoms with Gasteiger partial charge in [0, 0.05) is 22.4 Å². The topological polar surface area (TPSA) is 60.4 Å².